The summed E-state index contributed by atoms with van der Waals surface area (Å²) in [6, 6.07) is 14.6. The molecule has 0 radical (unpaired) electrons. The van der Waals surface area contributed by atoms with Crippen LogP contribution in [0.4, 0.5) is 5.69 Å². The van der Waals surface area contributed by atoms with Crippen LogP contribution in [0.5, 0.6) is 0 Å². The largest absolute Gasteiger partial charge is 0.457 e. The van der Waals surface area contributed by atoms with Gasteiger partial charge in [0.2, 0.25) is 0 Å². The molecule has 0 amide bonds. The molecule has 0 spiro atoms. The lowest BCUT2D eigenvalue weighted by atomic mass is 10.2. The van der Waals surface area contributed by atoms with Crippen LogP contribution in [0.15, 0.2) is 54.6 Å². The molecule has 0 N–H and O–H groups in total. The van der Waals surface area contributed by atoms with Crippen molar-refractivity contribution in [3.05, 3.63) is 86.7 Å². The number of halogens is 1. The Morgan fingerprint density at radius 3 is 2.46 bits per heavy atom. The van der Waals surface area contributed by atoms with Crippen LogP contribution in [0.3, 0.4) is 0 Å². The number of para-hydroxylation sites is 1. The maximum atomic E-state index is 12.1. The molecule has 2 aromatic carbocycles. The second kappa shape index (κ2) is 7.37. The van der Waals surface area contributed by atoms with Crippen molar-refractivity contribution >= 4 is 23.3 Å². The lowest BCUT2D eigenvalue weighted by Crippen LogP contribution is -2.06. The Balaban J connectivity index is 1.74. The van der Waals surface area contributed by atoms with Gasteiger partial charge in [0.05, 0.1) is 21.9 Å². The van der Waals surface area contributed by atoms with Gasteiger partial charge in [-0.05, 0) is 31.2 Å². The van der Waals surface area contributed by atoms with E-state index >= 15 is 0 Å². The summed E-state index contributed by atoms with van der Waals surface area (Å²) in [5.74, 6) is -0.595. The molecule has 132 valence electrons. The molecule has 0 bridgehead atoms. The van der Waals surface area contributed by atoms with Crippen LogP contribution in [0, 0.1) is 17.0 Å². The van der Waals surface area contributed by atoms with Crippen LogP contribution in [-0.4, -0.2) is 20.7 Å². The second-order valence-corrected chi connectivity index (χ2v) is 5.84. The van der Waals surface area contributed by atoms with Crippen LogP contribution < -0.4 is 0 Å². The lowest BCUT2D eigenvalue weighted by Gasteiger charge is -2.05. The zero-order chi connectivity index (χ0) is 18.7. The van der Waals surface area contributed by atoms with Gasteiger partial charge in [0.1, 0.15) is 11.8 Å². The zero-order valence-electron chi connectivity index (χ0n) is 13.8. The smallest absolute Gasteiger partial charge is 0.338 e. The van der Waals surface area contributed by atoms with Crippen molar-refractivity contribution in [1.82, 2.24) is 9.78 Å². The van der Waals surface area contributed by atoms with E-state index in [2.05, 4.69) is 5.10 Å². The van der Waals surface area contributed by atoms with Crippen molar-refractivity contribution in [1.29, 1.82) is 0 Å². The SMILES string of the molecule is Cc1nn(-c2ccccc2)c(Cl)c1COC(=O)c1ccc([N+](=O)[O-])cc1. The summed E-state index contributed by atoms with van der Waals surface area (Å²) in [6.45, 7) is 1.73. The average Bonchev–Trinajstić information content (AvgIpc) is 2.94. The van der Waals surface area contributed by atoms with Gasteiger partial charge in [-0.3, -0.25) is 10.1 Å². The van der Waals surface area contributed by atoms with Gasteiger partial charge in [0, 0.05) is 17.7 Å². The lowest BCUT2D eigenvalue weighted by molar-refractivity contribution is -0.384. The van der Waals surface area contributed by atoms with Crippen molar-refractivity contribution in [3.8, 4) is 5.69 Å². The number of hydrogen-bond acceptors (Lipinski definition) is 5. The summed E-state index contributed by atoms with van der Waals surface area (Å²) in [4.78, 5) is 22.3. The Bertz CT molecular complexity index is 953. The third-order valence-corrected chi connectivity index (χ3v) is 4.17. The monoisotopic (exact) mass is 371 g/mol. The number of ether oxygens (including phenoxy) is 1. The topological polar surface area (TPSA) is 87.3 Å². The third-order valence-electron chi connectivity index (χ3n) is 3.78. The maximum Gasteiger partial charge on any atom is 0.338 e. The van der Waals surface area contributed by atoms with Crippen molar-refractivity contribution < 1.29 is 14.5 Å². The minimum absolute atomic E-state index is 0.0483. The summed E-state index contributed by atoms with van der Waals surface area (Å²) in [7, 11) is 0. The summed E-state index contributed by atoms with van der Waals surface area (Å²) in [5, 5.41) is 15.4. The fourth-order valence-electron chi connectivity index (χ4n) is 2.38. The van der Waals surface area contributed by atoms with Gasteiger partial charge >= 0.3 is 5.97 Å². The number of nitrogens with zero attached hydrogens (tertiary/aromatic N) is 3. The fraction of sp³-hybridized carbons (Fsp3) is 0.111. The minimum atomic E-state index is -0.595. The molecule has 0 atom stereocenters. The summed E-state index contributed by atoms with van der Waals surface area (Å²) in [5.41, 5.74) is 2.18. The first-order valence-corrected chi connectivity index (χ1v) is 8.06. The summed E-state index contributed by atoms with van der Waals surface area (Å²) < 4.78 is 6.85. The van der Waals surface area contributed by atoms with Crippen molar-refractivity contribution in [3.63, 3.8) is 0 Å². The first-order chi connectivity index (χ1) is 12.5. The molecule has 26 heavy (non-hydrogen) atoms. The van der Waals surface area contributed by atoms with E-state index in [1.165, 1.54) is 24.3 Å². The number of nitro groups is 1. The highest BCUT2D eigenvalue weighted by Crippen LogP contribution is 2.24. The number of non-ortho nitro benzene ring substituents is 1. The van der Waals surface area contributed by atoms with E-state index < -0.39 is 10.9 Å². The number of esters is 1. The predicted octanol–water partition coefficient (Wildman–Crippen LogP) is 4.10. The standard InChI is InChI=1S/C18H14ClN3O4/c1-12-16(17(19)21(20-12)14-5-3-2-4-6-14)11-26-18(23)13-7-9-15(10-8-13)22(24)25/h2-10H,11H2,1H3. The number of rotatable bonds is 5. The molecular weight excluding hydrogens is 358 g/mol. The average molecular weight is 372 g/mol. The highest BCUT2D eigenvalue weighted by Gasteiger charge is 2.17. The number of aryl methyl sites for hydroxylation is 1. The highest BCUT2D eigenvalue weighted by molar-refractivity contribution is 6.30. The molecule has 3 aromatic rings. The zero-order valence-corrected chi connectivity index (χ0v) is 14.5. The molecule has 8 heteroatoms. The summed E-state index contributed by atoms with van der Waals surface area (Å²) >= 11 is 6.38. The van der Waals surface area contributed by atoms with Crippen LogP contribution >= 0.6 is 11.6 Å². The Morgan fingerprint density at radius 2 is 1.85 bits per heavy atom. The van der Waals surface area contributed by atoms with Gasteiger partial charge in [0.25, 0.3) is 5.69 Å². The van der Waals surface area contributed by atoms with Crippen molar-refractivity contribution in [2.45, 2.75) is 13.5 Å². The molecule has 0 saturated heterocycles. The maximum absolute atomic E-state index is 12.1. The third kappa shape index (κ3) is 3.57. The summed E-state index contributed by atoms with van der Waals surface area (Å²) in [6.07, 6.45) is 0. The minimum Gasteiger partial charge on any atom is -0.457 e. The quantitative estimate of drug-likeness (QED) is 0.383. The van der Waals surface area contributed by atoms with E-state index in [0.29, 0.717) is 16.4 Å². The van der Waals surface area contributed by atoms with Gasteiger partial charge in [-0.2, -0.15) is 5.10 Å². The van der Waals surface area contributed by atoms with Gasteiger partial charge in [0.15, 0.2) is 0 Å². The molecule has 0 unspecified atom stereocenters. The van der Waals surface area contributed by atoms with Gasteiger partial charge in [-0.1, -0.05) is 29.8 Å². The molecule has 0 saturated carbocycles. The van der Waals surface area contributed by atoms with Gasteiger partial charge < -0.3 is 4.74 Å². The van der Waals surface area contributed by atoms with Crippen LogP contribution in [0.1, 0.15) is 21.6 Å². The number of hydrogen-bond donors (Lipinski definition) is 0. The van der Waals surface area contributed by atoms with Gasteiger partial charge in [-0.25, -0.2) is 9.48 Å². The number of aromatic nitrogens is 2. The Morgan fingerprint density at radius 1 is 1.19 bits per heavy atom. The second-order valence-electron chi connectivity index (χ2n) is 5.48. The van der Waals surface area contributed by atoms with Crippen LogP contribution in [0.2, 0.25) is 5.15 Å². The predicted molar refractivity (Wildman–Crippen MR) is 95.5 cm³/mol. The highest BCUT2D eigenvalue weighted by atomic mass is 35.5. The first-order valence-electron chi connectivity index (χ1n) is 7.68. The normalized spacial score (nSPS) is 10.5. The molecule has 0 fully saturated rings. The number of nitro benzene ring substituents is 1. The Labute approximate surface area is 153 Å². The van der Waals surface area contributed by atoms with Gasteiger partial charge in [-0.15, -0.1) is 0 Å². The molecular formula is C18H14ClN3O4. The van der Waals surface area contributed by atoms with Crippen LogP contribution in [0.25, 0.3) is 5.69 Å². The molecule has 0 aliphatic rings. The number of carbonyl (C=O) groups is 1. The molecule has 3 rings (SSSR count). The van der Waals surface area contributed by atoms with E-state index in [1.807, 2.05) is 30.3 Å². The van der Waals surface area contributed by atoms with E-state index in [1.54, 1.807) is 11.6 Å². The number of carbonyl (C=O) groups excluding carboxylic acids is 1. The van der Waals surface area contributed by atoms with Crippen molar-refractivity contribution in [2.75, 3.05) is 0 Å². The Hall–Kier alpha value is -3.19. The molecule has 1 heterocycles. The van der Waals surface area contributed by atoms with E-state index in [9.17, 15) is 14.9 Å². The van der Waals surface area contributed by atoms with E-state index in [-0.39, 0.29) is 17.9 Å². The molecule has 1 aromatic heterocycles. The van der Waals surface area contributed by atoms with Crippen molar-refractivity contribution in [2.24, 2.45) is 0 Å². The fourth-order valence-corrected chi connectivity index (χ4v) is 2.70. The first kappa shape index (κ1) is 17.6. The molecule has 7 nitrogen and oxygen atoms in total. The molecule has 0 aliphatic heterocycles. The Kier molecular flexibility index (Phi) is 4.99. The number of benzene rings is 2. The van der Waals surface area contributed by atoms with Crippen LogP contribution in [-0.2, 0) is 11.3 Å². The molecule has 0 aliphatic carbocycles. The van der Waals surface area contributed by atoms with E-state index in [0.717, 1.165) is 5.69 Å². The van der Waals surface area contributed by atoms with E-state index in [4.69, 9.17) is 16.3 Å².